The summed E-state index contributed by atoms with van der Waals surface area (Å²) in [6.45, 7) is 3.14. The number of rotatable bonds is 7. The van der Waals surface area contributed by atoms with Crippen LogP contribution in [0.15, 0.2) is 82.3 Å². The molecule has 26 heavy (non-hydrogen) atoms. The van der Waals surface area contributed by atoms with Crippen molar-refractivity contribution in [1.82, 2.24) is 0 Å². The van der Waals surface area contributed by atoms with Crippen molar-refractivity contribution in [2.45, 2.75) is 13.5 Å². The lowest BCUT2D eigenvalue weighted by atomic mass is 10.2. The second-order valence-corrected chi connectivity index (χ2v) is 6.55. The number of hydrogen-bond donors (Lipinski definition) is 0. The summed E-state index contributed by atoms with van der Waals surface area (Å²) in [5, 5.41) is 0. The zero-order chi connectivity index (χ0) is 18.2. The lowest BCUT2D eigenvalue weighted by molar-refractivity contribution is 0.306. The van der Waals surface area contributed by atoms with Crippen LogP contribution in [0.2, 0.25) is 0 Å². The molecule has 0 N–H and O–H groups in total. The van der Waals surface area contributed by atoms with Crippen LogP contribution in [0.25, 0.3) is 0 Å². The minimum absolute atomic E-state index is 0.515. The summed E-state index contributed by atoms with van der Waals surface area (Å²) in [7, 11) is 0. The average molecular weight is 410 g/mol. The van der Waals surface area contributed by atoms with Gasteiger partial charge in [0.05, 0.1) is 12.3 Å². The third-order valence-corrected chi connectivity index (χ3v) is 4.26. The number of hydrogen-bond acceptors (Lipinski definition) is 3. The second kappa shape index (κ2) is 9.20. The standard InChI is InChI=1S/C22H20BrNO2/c1-2-25-21-13-11-20(12-14-21)24-15-18-5-3-4-6-22(18)26-16-17-7-9-19(23)10-8-17/h3-15H,2,16H2,1H3. The zero-order valence-electron chi connectivity index (χ0n) is 14.6. The number of nitrogens with zero attached hydrogens (tertiary/aromatic N) is 1. The highest BCUT2D eigenvalue weighted by Gasteiger charge is 2.02. The van der Waals surface area contributed by atoms with Crippen LogP contribution in [-0.4, -0.2) is 12.8 Å². The van der Waals surface area contributed by atoms with Gasteiger partial charge < -0.3 is 9.47 Å². The Morgan fingerprint density at radius 2 is 1.62 bits per heavy atom. The quantitative estimate of drug-likeness (QED) is 0.436. The Morgan fingerprint density at radius 3 is 2.35 bits per heavy atom. The Balaban J connectivity index is 1.69. The van der Waals surface area contributed by atoms with Crippen molar-refractivity contribution in [3.05, 3.63) is 88.4 Å². The topological polar surface area (TPSA) is 30.8 Å². The van der Waals surface area contributed by atoms with Crippen LogP contribution in [0.1, 0.15) is 18.1 Å². The summed E-state index contributed by atoms with van der Waals surface area (Å²) in [5.41, 5.74) is 2.93. The first-order valence-corrected chi connectivity index (χ1v) is 9.27. The highest BCUT2D eigenvalue weighted by molar-refractivity contribution is 9.10. The molecule has 3 nitrogen and oxygen atoms in total. The summed E-state index contributed by atoms with van der Waals surface area (Å²) in [5.74, 6) is 1.66. The molecule has 4 heteroatoms. The van der Waals surface area contributed by atoms with Crippen molar-refractivity contribution in [3.8, 4) is 11.5 Å². The van der Waals surface area contributed by atoms with Gasteiger partial charge in [0.2, 0.25) is 0 Å². The maximum atomic E-state index is 5.98. The molecular weight excluding hydrogens is 390 g/mol. The molecule has 3 aromatic carbocycles. The van der Waals surface area contributed by atoms with Crippen LogP contribution in [-0.2, 0) is 6.61 Å². The summed E-state index contributed by atoms with van der Waals surface area (Å²) in [6.07, 6.45) is 1.83. The van der Waals surface area contributed by atoms with Gasteiger partial charge in [-0.15, -0.1) is 0 Å². The monoisotopic (exact) mass is 409 g/mol. The first-order chi connectivity index (χ1) is 12.7. The normalized spacial score (nSPS) is 10.8. The molecule has 0 aliphatic rings. The molecule has 0 bridgehead atoms. The van der Waals surface area contributed by atoms with E-state index < -0.39 is 0 Å². The van der Waals surface area contributed by atoms with Gasteiger partial charge in [-0.1, -0.05) is 40.2 Å². The minimum Gasteiger partial charge on any atom is -0.494 e. The summed E-state index contributed by atoms with van der Waals surface area (Å²) < 4.78 is 12.5. The molecule has 0 aliphatic heterocycles. The molecule has 0 saturated heterocycles. The van der Waals surface area contributed by atoms with Crippen LogP contribution < -0.4 is 9.47 Å². The Hall–Kier alpha value is -2.59. The summed E-state index contributed by atoms with van der Waals surface area (Å²) in [4.78, 5) is 4.54. The van der Waals surface area contributed by atoms with Crippen LogP contribution in [0, 0.1) is 0 Å². The van der Waals surface area contributed by atoms with Gasteiger partial charge in [0, 0.05) is 16.3 Å². The molecule has 0 spiro atoms. The van der Waals surface area contributed by atoms with Crippen molar-refractivity contribution in [3.63, 3.8) is 0 Å². The van der Waals surface area contributed by atoms with Crippen LogP contribution in [0.3, 0.4) is 0 Å². The second-order valence-electron chi connectivity index (χ2n) is 5.64. The molecule has 3 aromatic rings. The number of benzene rings is 3. The Labute approximate surface area is 162 Å². The van der Waals surface area contributed by atoms with E-state index in [4.69, 9.17) is 9.47 Å². The van der Waals surface area contributed by atoms with Crippen LogP contribution in [0.4, 0.5) is 5.69 Å². The van der Waals surface area contributed by atoms with E-state index in [1.807, 2.05) is 85.9 Å². The van der Waals surface area contributed by atoms with Gasteiger partial charge >= 0.3 is 0 Å². The van der Waals surface area contributed by atoms with Crippen molar-refractivity contribution >= 4 is 27.8 Å². The molecule has 0 aliphatic carbocycles. The molecule has 132 valence electrons. The fourth-order valence-electron chi connectivity index (χ4n) is 2.40. The maximum absolute atomic E-state index is 5.98. The predicted octanol–water partition coefficient (Wildman–Crippen LogP) is 6.18. The van der Waals surface area contributed by atoms with E-state index in [1.165, 1.54) is 0 Å². The van der Waals surface area contributed by atoms with Gasteiger partial charge in [-0.2, -0.15) is 0 Å². The van der Waals surface area contributed by atoms with Gasteiger partial charge in [-0.05, 0) is 61.0 Å². The third-order valence-electron chi connectivity index (χ3n) is 3.73. The number of halogens is 1. The van der Waals surface area contributed by atoms with E-state index in [2.05, 4.69) is 20.9 Å². The molecule has 0 heterocycles. The van der Waals surface area contributed by atoms with Crippen molar-refractivity contribution in [1.29, 1.82) is 0 Å². The van der Waals surface area contributed by atoms with E-state index in [9.17, 15) is 0 Å². The molecule has 0 unspecified atom stereocenters. The highest BCUT2D eigenvalue weighted by atomic mass is 79.9. The van der Waals surface area contributed by atoms with E-state index in [0.29, 0.717) is 13.2 Å². The Bertz CT molecular complexity index is 858. The maximum Gasteiger partial charge on any atom is 0.128 e. The predicted molar refractivity (Wildman–Crippen MR) is 110 cm³/mol. The minimum atomic E-state index is 0.515. The van der Waals surface area contributed by atoms with Gasteiger partial charge in [0.25, 0.3) is 0 Å². The number of ether oxygens (including phenoxy) is 2. The van der Waals surface area contributed by atoms with Crippen molar-refractivity contribution in [2.24, 2.45) is 4.99 Å². The van der Waals surface area contributed by atoms with Crippen LogP contribution in [0.5, 0.6) is 11.5 Å². The molecule has 0 aromatic heterocycles. The average Bonchev–Trinajstić information content (AvgIpc) is 2.68. The Morgan fingerprint density at radius 1 is 0.885 bits per heavy atom. The fraction of sp³-hybridized carbons (Fsp3) is 0.136. The zero-order valence-corrected chi connectivity index (χ0v) is 16.1. The molecular formula is C22H20BrNO2. The first-order valence-electron chi connectivity index (χ1n) is 8.48. The van der Waals surface area contributed by atoms with Gasteiger partial charge in [0.15, 0.2) is 0 Å². The summed E-state index contributed by atoms with van der Waals surface area (Å²) in [6, 6.07) is 23.7. The van der Waals surface area contributed by atoms with E-state index in [0.717, 1.165) is 32.8 Å². The van der Waals surface area contributed by atoms with Crippen molar-refractivity contribution in [2.75, 3.05) is 6.61 Å². The smallest absolute Gasteiger partial charge is 0.128 e. The van der Waals surface area contributed by atoms with Crippen molar-refractivity contribution < 1.29 is 9.47 Å². The van der Waals surface area contributed by atoms with Gasteiger partial charge in [-0.3, -0.25) is 4.99 Å². The van der Waals surface area contributed by atoms with E-state index in [1.54, 1.807) is 0 Å². The lowest BCUT2D eigenvalue weighted by Crippen LogP contribution is -1.98. The Kier molecular flexibility index (Phi) is 6.45. The first kappa shape index (κ1) is 18.2. The summed E-state index contributed by atoms with van der Waals surface area (Å²) >= 11 is 3.44. The highest BCUT2D eigenvalue weighted by Crippen LogP contribution is 2.21. The van der Waals surface area contributed by atoms with E-state index >= 15 is 0 Å². The number of aliphatic imine (C=N–C) groups is 1. The van der Waals surface area contributed by atoms with Crippen LogP contribution >= 0.6 is 15.9 Å². The fourth-order valence-corrected chi connectivity index (χ4v) is 2.66. The largest absolute Gasteiger partial charge is 0.494 e. The molecule has 0 saturated carbocycles. The molecule has 0 fully saturated rings. The molecule has 0 radical (unpaired) electrons. The van der Waals surface area contributed by atoms with Gasteiger partial charge in [0.1, 0.15) is 18.1 Å². The third kappa shape index (κ3) is 5.20. The molecule has 0 amide bonds. The van der Waals surface area contributed by atoms with E-state index in [-0.39, 0.29) is 0 Å². The lowest BCUT2D eigenvalue weighted by Gasteiger charge is -2.09. The van der Waals surface area contributed by atoms with Gasteiger partial charge in [-0.25, -0.2) is 0 Å². The molecule has 0 atom stereocenters. The number of para-hydroxylation sites is 1. The molecule has 3 rings (SSSR count). The SMILES string of the molecule is CCOc1ccc(N=Cc2ccccc2OCc2ccc(Br)cc2)cc1.